The van der Waals surface area contributed by atoms with Crippen LogP contribution in [0.15, 0.2) is 24.3 Å². The van der Waals surface area contributed by atoms with Crippen LogP contribution in [0.1, 0.15) is 43.7 Å². The van der Waals surface area contributed by atoms with E-state index in [2.05, 4.69) is 10.6 Å². The molecule has 3 atom stereocenters. The highest BCUT2D eigenvalue weighted by Crippen LogP contribution is 2.36. The number of hydrogen-bond donors (Lipinski definition) is 2. The van der Waals surface area contributed by atoms with Crippen LogP contribution >= 0.6 is 0 Å². The summed E-state index contributed by atoms with van der Waals surface area (Å²) in [6.07, 6.45) is -2.67. The van der Waals surface area contributed by atoms with Crippen molar-refractivity contribution in [1.82, 2.24) is 10.6 Å². The Balaban J connectivity index is 2.10. The van der Waals surface area contributed by atoms with Crippen molar-refractivity contribution in [2.75, 3.05) is 6.54 Å². The van der Waals surface area contributed by atoms with Crippen molar-refractivity contribution in [1.29, 1.82) is 0 Å². The monoisotopic (exact) mass is 314 g/mol. The zero-order valence-corrected chi connectivity index (χ0v) is 12.7. The van der Waals surface area contributed by atoms with E-state index in [0.717, 1.165) is 25.5 Å². The minimum atomic E-state index is -4.39. The van der Waals surface area contributed by atoms with Gasteiger partial charge in [0.1, 0.15) is 0 Å². The number of amides is 1. The van der Waals surface area contributed by atoms with E-state index in [1.807, 2.05) is 0 Å². The normalized spacial score (nSPS) is 21.4. The zero-order valence-electron chi connectivity index (χ0n) is 12.7. The van der Waals surface area contributed by atoms with E-state index in [1.54, 1.807) is 19.9 Å². The Morgan fingerprint density at radius 1 is 1.32 bits per heavy atom. The van der Waals surface area contributed by atoms with Crippen molar-refractivity contribution in [3.8, 4) is 0 Å². The molecular formula is C16H21F3N2O. The van der Waals surface area contributed by atoms with Gasteiger partial charge in [-0.05, 0) is 37.9 Å². The number of hydrogen-bond acceptors (Lipinski definition) is 2. The molecule has 2 N–H and O–H groups in total. The summed E-state index contributed by atoms with van der Waals surface area (Å²) in [4.78, 5) is 12.1. The fourth-order valence-corrected chi connectivity index (χ4v) is 2.78. The summed E-state index contributed by atoms with van der Waals surface area (Å²) in [5.74, 6) is -0.565. The summed E-state index contributed by atoms with van der Waals surface area (Å²) in [6, 6.07) is 4.92. The molecule has 0 aliphatic carbocycles. The molecule has 1 fully saturated rings. The molecule has 3 nitrogen and oxygen atoms in total. The first kappa shape index (κ1) is 16.8. The topological polar surface area (TPSA) is 41.1 Å². The van der Waals surface area contributed by atoms with Crippen LogP contribution in [0.5, 0.6) is 0 Å². The van der Waals surface area contributed by atoms with Crippen LogP contribution in [0, 0.1) is 0 Å². The molecular weight excluding hydrogens is 293 g/mol. The molecule has 1 saturated heterocycles. The van der Waals surface area contributed by atoms with E-state index in [1.165, 1.54) is 12.1 Å². The Kier molecular flexibility index (Phi) is 5.11. The smallest absolute Gasteiger partial charge is 0.352 e. The van der Waals surface area contributed by atoms with Crippen LogP contribution in [-0.2, 0) is 11.0 Å². The van der Waals surface area contributed by atoms with Crippen molar-refractivity contribution < 1.29 is 18.0 Å². The second-order valence-corrected chi connectivity index (χ2v) is 5.82. The van der Waals surface area contributed by atoms with Crippen molar-refractivity contribution >= 4 is 5.91 Å². The van der Waals surface area contributed by atoms with Crippen LogP contribution < -0.4 is 10.6 Å². The molecule has 1 aromatic rings. The number of benzene rings is 1. The highest BCUT2D eigenvalue weighted by Gasteiger charge is 2.35. The number of rotatable bonds is 4. The molecule has 0 bridgehead atoms. The number of alkyl halides is 3. The Bertz CT molecular complexity index is 524. The van der Waals surface area contributed by atoms with Crippen LogP contribution in [0.25, 0.3) is 0 Å². The maximum Gasteiger partial charge on any atom is 0.416 e. The molecule has 122 valence electrons. The second-order valence-electron chi connectivity index (χ2n) is 5.82. The first-order chi connectivity index (χ1) is 10.3. The lowest BCUT2D eigenvalue weighted by molar-refractivity contribution is -0.138. The molecule has 1 aliphatic heterocycles. The van der Waals surface area contributed by atoms with Gasteiger partial charge < -0.3 is 10.6 Å². The van der Waals surface area contributed by atoms with E-state index in [9.17, 15) is 18.0 Å². The highest BCUT2D eigenvalue weighted by atomic mass is 19.4. The lowest BCUT2D eigenvalue weighted by atomic mass is 9.90. The molecule has 1 heterocycles. The van der Waals surface area contributed by atoms with Gasteiger partial charge in [0.2, 0.25) is 5.91 Å². The summed E-state index contributed by atoms with van der Waals surface area (Å²) >= 11 is 0. The van der Waals surface area contributed by atoms with E-state index < -0.39 is 17.7 Å². The van der Waals surface area contributed by atoms with Crippen LogP contribution in [0.3, 0.4) is 0 Å². The van der Waals surface area contributed by atoms with Gasteiger partial charge in [-0.3, -0.25) is 4.79 Å². The van der Waals surface area contributed by atoms with Crippen molar-refractivity contribution in [2.45, 2.75) is 50.9 Å². The Morgan fingerprint density at radius 3 is 2.59 bits per heavy atom. The standard InChI is InChI=1S/C16H21F3N2O/c1-10(11(2)21-15(22)14-8-5-9-20-14)12-6-3-4-7-13(12)16(17,18)19/h3-4,6-7,10-11,14,20H,5,8-9H2,1-2H3,(H,21,22). The van der Waals surface area contributed by atoms with Gasteiger partial charge in [-0.1, -0.05) is 25.1 Å². The van der Waals surface area contributed by atoms with Gasteiger partial charge >= 0.3 is 6.18 Å². The van der Waals surface area contributed by atoms with Gasteiger partial charge in [0, 0.05) is 12.0 Å². The Morgan fingerprint density at radius 2 is 2.00 bits per heavy atom. The van der Waals surface area contributed by atoms with E-state index >= 15 is 0 Å². The number of carbonyl (C=O) groups is 1. The third-order valence-corrected chi connectivity index (χ3v) is 4.25. The largest absolute Gasteiger partial charge is 0.416 e. The molecule has 0 aromatic heterocycles. The first-order valence-corrected chi connectivity index (χ1v) is 7.50. The number of carbonyl (C=O) groups excluding carboxylic acids is 1. The summed E-state index contributed by atoms with van der Waals surface area (Å²) in [6.45, 7) is 4.25. The average Bonchev–Trinajstić information content (AvgIpc) is 2.99. The minimum absolute atomic E-state index is 0.138. The molecule has 2 rings (SSSR count). The van der Waals surface area contributed by atoms with Crippen molar-refractivity contribution in [3.63, 3.8) is 0 Å². The van der Waals surface area contributed by atoms with Crippen LogP contribution in [0.4, 0.5) is 13.2 Å². The third-order valence-electron chi connectivity index (χ3n) is 4.25. The Hall–Kier alpha value is -1.56. The van der Waals surface area contributed by atoms with Gasteiger partial charge in [0.15, 0.2) is 0 Å². The predicted molar refractivity (Wildman–Crippen MR) is 78.5 cm³/mol. The number of halogens is 3. The van der Waals surface area contributed by atoms with Gasteiger partial charge in [0.05, 0.1) is 11.6 Å². The quantitative estimate of drug-likeness (QED) is 0.897. The molecule has 3 unspecified atom stereocenters. The fraction of sp³-hybridized carbons (Fsp3) is 0.562. The molecule has 1 aromatic carbocycles. The SMILES string of the molecule is CC(NC(=O)C1CCCN1)C(C)c1ccccc1C(F)(F)F. The summed E-state index contributed by atoms with van der Waals surface area (Å²) in [7, 11) is 0. The average molecular weight is 314 g/mol. The molecule has 0 radical (unpaired) electrons. The maximum absolute atomic E-state index is 13.1. The molecule has 6 heteroatoms. The first-order valence-electron chi connectivity index (χ1n) is 7.50. The van der Waals surface area contributed by atoms with E-state index in [-0.39, 0.29) is 23.6 Å². The number of nitrogens with one attached hydrogen (secondary N) is 2. The fourth-order valence-electron chi connectivity index (χ4n) is 2.78. The predicted octanol–water partition coefficient (Wildman–Crippen LogP) is 3.07. The van der Waals surface area contributed by atoms with Gasteiger partial charge in [-0.25, -0.2) is 0 Å². The lowest BCUT2D eigenvalue weighted by Gasteiger charge is -2.25. The van der Waals surface area contributed by atoms with E-state index in [4.69, 9.17) is 0 Å². The van der Waals surface area contributed by atoms with Crippen molar-refractivity contribution in [3.05, 3.63) is 35.4 Å². The summed E-state index contributed by atoms with van der Waals surface area (Å²) in [5, 5.41) is 5.91. The molecule has 22 heavy (non-hydrogen) atoms. The van der Waals surface area contributed by atoms with Crippen molar-refractivity contribution in [2.24, 2.45) is 0 Å². The second kappa shape index (κ2) is 6.69. The maximum atomic E-state index is 13.1. The summed E-state index contributed by atoms with van der Waals surface area (Å²) < 4.78 is 39.2. The van der Waals surface area contributed by atoms with Gasteiger partial charge in [-0.15, -0.1) is 0 Å². The van der Waals surface area contributed by atoms with Gasteiger partial charge in [-0.2, -0.15) is 13.2 Å². The summed E-state index contributed by atoms with van der Waals surface area (Å²) in [5.41, 5.74) is -0.426. The van der Waals surface area contributed by atoms with Gasteiger partial charge in [0.25, 0.3) is 0 Å². The molecule has 0 saturated carbocycles. The zero-order chi connectivity index (χ0) is 16.3. The third kappa shape index (κ3) is 3.80. The molecule has 0 spiro atoms. The lowest BCUT2D eigenvalue weighted by Crippen LogP contribution is -2.45. The Labute approximate surface area is 128 Å². The molecule has 1 aliphatic rings. The van der Waals surface area contributed by atoms with Crippen LogP contribution in [0.2, 0.25) is 0 Å². The molecule has 1 amide bonds. The van der Waals surface area contributed by atoms with Crippen LogP contribution in [-0.4, -0.2) is 24.5 Å². The minimum Gasteiger partial charge on any atom is -0.352 e. The highest BCUT2D eigenvalue weighted by molar-refractivity contribution is 5.82. The van der Waals surface area contributed by atoms with E-state index in [0.29, 0.717) is 0 Å².